The van der Waals surface area contributed by atoms with Crippen LogP contribution in [0, 0.1) is 5.21 Å². The van der Waals surface area contributed by atoms with Crippen LogP contribution >= 0.6 is 11.3 Å². The van der Waals surface area contributed by atoms with Crippen molar-refractivity contribution in [3.8, 4) is 0 Å². The molecular weight excluding hydrogens is 328 g/mol. The fourth-order valence-corrected chi connectivity index (χ4v) is 4.86. The van der Waals surface area contributed by atoms with E-state index >= 15 is 0 Å². The molecule has 0 bridgehead atoms. The van der Waals surface area contributed by atoms with Crippen molar-refractivity contribution in [2.24, 2.45) is 0 Å². The average Bonchev–Trinajstić information content (AvgIpc) is 3.05. The number of aliphatic hydroxyl groups excluding tert-OH is 1. The smallest absolute Gasteiger partial charge is 0.310 e. The normalized spacial score (nSPS) is 26.4. The van der Waals surface area contributed by atoms with Crippen molar-refractivity contribution in [2.45, 2.75) is 30.3 Å². The van der Waals surface area contributed by atoms with Crippen LogP contribution in [-0.2, 0) is 9.84 Å². The maximum absolute atomic E-state index is 12.8. The van der Waals surface area contributed by atoms with Gasteiger partial charge in [0.25, 0.3) is 0 Å². The molecule has 1 N–H and O–H groups in total. The molecule has 124 valence electrons. The molecule has 1 aromatic heterocycles. The monoisotopic (exact) mass is 348 g/mol. The van der Waals surface area contributed by atoms with Gasteiger partial charge in [0.2, 0.25) is 20.4 Å². The summed E-state index contributed by atoms with van der Waals surface area (Å²) in [6, 6.07) is 0. The summed E-state index contributed by atoms with van der Waals surface area (Å²) in [6.45, 7) is 6.15. The molecule has 2 rings (SSSR count). The molecule has 0 aromatic carbocycles. The van der Waals surface area contributed by atoms with E-state index < -0.39 is 20.7 Å². The van der Waals surface area contributed by atoms with Crippen LogP contribution in [0.3, 0.4) is 0 Å². The summed E-state index contributed by atoms with van der Waals surface area (Å²) in [5.74, 6) is -0.0118. The first-order valence-electron chi connectivity index (χ1n) is 7.00. The Kier molecular flexibility index (Phi) is 5.30. The van der Waals surface area contributed by atoms with E-state index in [1.165, 1.54) is 0 Å². The van der Waals surface area contributed by atoms with E-state index in [4.69, 9.17) is 0 Å². The lowest BCUT2D eigenvalue weighted by atomic mass is 10.4. The molecule has 0 radical (unpaired) electrons. The van der Waals surface area contributed by atoms with Crippen molar-refractivity contribution in [3.05, 3.63) is 17.9 Å². The maximum Gasteiger partial charge on any atom is 0.310 e. The van der Waals surface area contributed by atoms with Crippen LogP contribution in [0.2, 0.25) is 0 Å². The zero-order valence-electron chi connectivity index (χ0n) is 12.4. The second-order valence-corrected chi connectivity index (χ2v) is 8.50. The largest absolute Gasteiger partial charge is 0.623 e. The van der Waals surface area contributed by atoms with Crippen LogP contribution in [0.25, 0.3) is 0 Å². The zero-order valence-corrected chi connectivity index (χ0v) is 14.0. The Morgan fingerprint density at radius 2 is 2.32 bits per heavy atom. The molecule has 2 heterocycles. The van der Waals surface area contributed by atoms with Crippen LogP contribution < -0.4 is 4.65 Å². The van der Waals surface area contributed by atoms with Gasteiger partial charge in [-0.3, -0.25) is 4.65 Å². The third-order valence-electron chi connectivity index (χ3n) is 3.45. The van der Waals surface area contributed by atoms with Crippen molar-refractivity contribution in [2.75, 3.05) is 25.5 Å². The lowest BCUT2D eigenvalue weighted by Crippen LogP contribution is -2.48. The quantitative estimate of drug-likeness (QED) is 0.439. The molecule has 0 saturated carbocycles. The molecule has 10 heteroatoms. The van der Waals surface area contributed by atoms with Crippen molar-refractivity contribution in [1.82, 2.24) is 19.7 Å². The van der Waals surface area contributed by atoms with Gasteiger partial charge < -0.3 is 10.3 Å². The second-order valence-electron chi connectivity index (χ2n) is 5.27. The minimum Gasteiger partial charge on any atom is -0.623 e. The number of sulfone groups is 1. The summed E-state index contributed by atoms with van der Waals surface area (Å²) in [4.78, 5) is 1.73. The summed E-state index contributed by atoms with van der Waals surface area (Å²) in [5, 5.41) is 30.2. The van der Waals surface area contributed by atoms with Crippen molar-refractivity contribution in [3.63, 3.8) is 0 Å². The van der Waals surface area contributed by atoms with Gasteiger partial charge in [-0.05, 0) is 17.8 Å². The molecule has 1 saturated heterocycles. The van der Waals surface area contributed by atoms with E-state index in [1.807, 2.05) is 6.92 Å². The minimum absolute atomic E-state index is 0.00315. The predicted molar refractivity (Wildman–Crippen MR) is 84.7 cm³/mol. The molecule has 0 amide bonds. The average molecular weight is 348 g/mol. The van der Waals surface area contributed by atoms with Gasteiger partial charge in [-0.2, -0.15) is 0 Å². The number of aromatic nitrogens is 2. The van der Waals surface area contributed by atoms with Gasteiger partial charge in [0.05, 0.1) is 12.3 Å². The Labute approximate surface area is 133 Å². The Hall–Kier alpha value is -0.910. The van der Waals surface area contributed by atoms with Crippen LogP contribution in [0.5, 0.6) is 0 Å². The van der Waals surface area contributed by atoms with Gasteiger partial charge in [0.15, 0.2) is 0 Å². The first kappa shape index (κ1) is 17.4. The molecule has 8 nitrogen and oxygen atoms in total. The SMILES string of the molecule is C=CCN1CC(O)[N+]([O-])(c2nnc(S(=O)(=O)CCCC)s2)C1. The van der Waals surface area contributed by atoms with E-state index in [0.29, 0.717) is 13.0 Å². The maximum atomic E-state index is 12.8. The Morgan fingerprint density at radius 3 is 2.95 bits per heavy atom. The van der Waals surface area contributed by atoms with Crippen LogP contribution in [0.1, 0.15) is 19.8 Å². The summed E-state index contributed by atoms with van der Waals surface area (Å²) in [7, 11) is -3.51. The molecular formula is C12H20N4O4S2. The number of hydroxylamine groups is 2. The number of aliphatic hydroxyl groups is 1. The molecule has 2 atom stereocenters. The summed E-state index contributed by atoms with van der Waals surface area (Å²) >= 11 is 0.747. The lowest BCUT2D eigenvalue weighted by Gasteiger charge is -2.36. The molecule has 1 aromatic rings. The highest BCUT2D eigenvalue weighted by molar-refractivity contribution is 7.93. The van der Waals surface area contributed by atoms with Gasteiger partial charge in [-0.1, -0.05) is 24.5 Å². The molecule has 1 fully saturated rings. The van der Waals surface area contributed by atoms with Crippen LogP contribution in [0.4, 0.5) is 5.13 Å². The fourth-order valence-electron chi connectivity index (χ4n) is 2.22. The number of β-amino-alcohol motifs (C(OH)–C–C–N with tert-alkyl or cyclic N) is 1. The van der Waals surface area contributed by atoms with Gasteiger partial charge >= 0.3 is 5.13 Å². The van der Waals surface area contributed by atoms with Crippen molar-refractivity contribution < 1.29 is 13.5 Å². The van der Waals surface area contributed by atoms with E-state index in [2.05, 4.69) is 16.8 Å². The highest BCUT2D eigenvalue weighted by Crippen LogP contribution is 2.34. The second kappa shape index (κ2) is 6.69. The topological polar surface area (TPSA) is 106 Å². The van der Waals surface area contributed by atoms with Gasteiger partial charge in [-0.15, -0.1) is 11.7 Å². The fraction of sp³-hybridized carbons (Fsp3) is 0.667. The van der Waals surface area contributed by atoms with E-state index in [-0.39, 0.29) is 28.4 Å². The van der Waals surface area contributed by atoms with Crippen LogP contribution in [0.15, 0.2) is 17.0 Å². The summed E-state index contributed by atoms with van der Waals surface area (Å²) in [6.07, 6.45) is 1.72. The molecule has 1 aliphatic rings. The van der Waals surface area contributed by atoms with Gasteiger partial charge in [0, 0.05) is 6.54 Å². The highest BCUT2D eigenvalue weighted by Gasteiger charge is 2.43. The lowest BCUT2D eigenvalue weighted by molar-refractivity contribution is 0.0844. The molecule has 1 aliphatic heterocycles. The summed E-state index contributed by atoms with van der Waals surface area (Å²) in [5.41, 5.74) is 0. The Bertz CT molecular complexity index is 633. The van der Waals surface area contributed by atoms with Crippen molar-refractivity contribution in [1.29, 1.82) is 0 Å². The zero-order chi connectivity index (χ0) is 16.4. The van der Waals surface area contributed by atoms with Crippen LogP contribution in [-0.4, -0.2) is 60.4 Å². The van der Waals surface area contributed by atoms with Gasteiger partial charge in [-0.25, -0.2) is 13.3 Å². The Balaban J connectivity index is 2.22. The number of rotatable bonds is 7. The number of quaternary nitrogens is 1. The molecule has 0 spiro atoms. The van der Waals surface area contributed by atoms with Gasteiger partial charge in [0.1, 0.15) is 6.67 Å². The minimum atomic E-state index is -3.51. The number of hydrogen-bond donors (Lipinski definition) is 1. The third-order valence-corrected chi connectivity index (χ3v) is 6.73. The predicted octanol–water partition coefficient (Wildman–Crippen LogP) is 0.694. The first-order valence-corrected chi connectivity index (χ1v) is 9.47. The number of unbranched alkanes of at least 4 members (excludes halogenated alkanes) is 1. The van der Waals surface area contributed by atoms with E-state index in [9.17, 15) is 18.7 Å². The molecule has 22 heavy (non-hydrogen) atoms. The standard InChI is InChI=1S/C12H20N4O4S2/c1-3-5-7-22(19,20)12-14-13-11(21-12)16(18)9-15(6-4-2)8-10(16)17/h4,10,17H,2-3,5-9H2,1H3. The van der Waals surface area contributed by atoms with Crippen molar-refractivity contribution >= 4 is 26.3 Å². The third kappa shape index (κ3) is 3.36. The number of nitrogens with zero attached hydrogens (tertiary/aromatic N) is 4. The molecule has 2 unspecified atom stereocenters. The Morgan fingerprint density at radius 1 is 1.59 bits per heavy atom. The van der Waals surface area contributed by atoms with E-state index in [1.54, 1.807) is 11.0 Å². The highest BCUT2D eigenvalue weighted by atomic mass is 32.2. The number of hydrogen-bond acceptors (Lipinski definition) is 8. The molecule has 0 aliphatic carbocycles. The summed E-state index contributed by atoms with van der Waals surface area (Å²) < 4.78 is 22.9. The van der Waals surface area contributed by atoms with E-state index in [0.717, 1.165) is 17.8 Å². The first-order chi connectivity index (χ1) is 10.3.